The number of alkyl halides is 6. The molecule has 0 aliphatic carbocycles. The average molecular weight is 595 g/mol. The van der Waals surface area contributed by atoms with Crippen LogP contribution in [0, 0.1) is 12.7 Å². The normalized spacial score (nSPS) is 12.3. The zero-order chi connectivity index (χ0) is 29.9. The molecule has 1 aromatic carbocycles. The van der Waals surface area contributed by atoms with Gasteiger partial charge in [0, 0.05) is 18.7 Å². The highest BCUT2D eigenvalue weighted by molar-refractivity contribution is 7.92. The number of aromatic nitrogens is 2. The lowest BCUT2D eigenvalue weighted by Gasteiger charge is -2.24. The summed E-state index contributed by atoms with van der Waals surface area (Å²) in [6, 6.07) is 7.71. The Labute approximate surface area is 223 Å². The fourth-order valence-corrected chi connectivity index (χ4v) is 4.52. The topological polar surface area (TPSA) is 112 Å². The predicted octanol–water partition coefficient (Wildman–Crippen LogP) is 5.64. The highest BCUT2D eigenvalue weighted by Crippen LogP contribution is 2.38. The third kappa shape index (κ3) is 8.03. The summed E-state index contributed by atoms with van der Waals surface area (Å²) >= 11 is 0. The summed E-state index contributed by atoms with van der Waals surface area (Å²) in [5.41, 5.74) is -1.98. The molecule has 0 amide bonds. The number of anilines is 2. The first kappa shape index (κ1) is 30.6. The van der Waals surface area contributed by atoms with Crippen LogP contribution in [0.4, 0.5) is 42.4 Å². The lowest BCUT2D eigenvalue weighted by Crippen LogP contribution is -2.31. The van der Waals surface area contributed by atoms with Crippen LogP contribution in [0.1, 0.15) is 24.0 Å². The van der Waals surface area contributed by atoms with Crippen LogP contribution in [0.15, 0.2) is 53.6 Å². The molecule has 0 saturated carbocycles. The lowest BCUT2D eigenvalue weighted by molar-refractivity contribution is -0.138. The number of halogens is 7. The number of hydrogen-bond acceptors (Lipinski definition) is 6. The molecule has 16 heteroatoms. The maximum atomic E-state index is 13.8. The van der Waals surface area contributed by atoms with E-state index >= 15 is 0 Å². The molecule has 2 N–H and O–H groups in total. The maximum absolute atomic E-state index is 13.8. The van der Waals surface area contributed by atoms with E-state index in [-0.39, 0.29) is 16.9 Å². The molecule has 2 aromatic heterocycles. The van der Waals surface area contributed by atoms with Crippen molar-refractivity contribution in [1.82, 2.24) is 9.97 Å². The van der Waals surface area contributed by atoms with Gasteiger partial charge in [-0.2, -0.15) is 34.8 Å². The number of hydrogen-bond donors (Lipinski definition) is 2. The summed E-state index contributed by atoms with van der Waals surface area (Å²) in [4.78, 5) is 19.5. The van der Waals surface area contributed by atoms with Gasteiger partial charge in [0.2, 0.25) is 0 Å². The molecule has 0 radical (unpaired) electrons. The number of pyridine rings is 2. The van der Waals surface area contributed by atoms with Crippen LogP contribution >= 0.6 is 0 Å². The molecule has 8 nitrogen and oxygen atoms in total. The second-order valence-corrected chi connectivity index (χ2v) is 10.1. The molecule has 0 spiro atoms. The molecule has 0 fully saturated rings. The van der Waals surface area contributed by atoms with Gasteiger partial charge in [0.05, 0.1) is 24.1 Å². The third-order valence-corrected chi connectivity index (χ3v) is 6.72. The van der Waals surface area contributed by atoms with Crippen LogP contribution in [0.25, 0.3) is 11.3 Å². The summed E-state index contributed by atoms with van der Waals surface area (Å²) < 4.78 is 121. The highest BCUT2D eigenvalue weighted by Gasteiger charge is 2.35. The van der Waals surface area contributed by atoms with Crippen molar-refractivity contribution in [3.8, 4) is 11.3 Å². The van der Waals surface area contributed by atoms with Crippen molar-refractivity contribution in [2.45, 2.75) is 37.1 Å². The lowest BCUT2D eigenvalue weighted by atomic mass is 10.0. The third-order valence-electron chi connectivity index (χ3n) is 5.46. The Balaban J connectivity index is 1.99. The van der Waals surface area contributed by atoms with Gasteiger partial charge < -0.3 is 10.0 Å². The Morgan fingerprint density at radius 3 is 2.33 bits per heavy atom. The molecule has 0 bridgehead atoms. The number of carboxylic acids is 1. The number of benzene rings is 1. The van der Waals surface area contributed by atoms with Crippen molar-refractivity contribution in [2.75, 3.05) is 22.7 Å². The van der Waals surface area contributed by atoms with Crippen molar-refractivity contribution < 1.29 is 49.1 Å². The molecule has 216 valence electrons. The van der Waals surface area contributed by atoms with E-state index in [9.17, 15) is 43.9 Å². The van der Waals surface area contributed by atoms with Gasteiger partial charge in [0.25, 0.3) is 10.0 Å². The Bertz CT molecular complexity index is 1500. The van der Waals surface area contributed by atoms with Crippen LogP contribution in [-0.4, -0.2) is 48.7 Å². The second-order valence-electron chi connectivity index (χ2n) is 8.49. The number of nitrogens with zero attached hydrogens (tertiary/aromatic N) is 3. The van der Waals surface area contributed by atoms with Gasteiger partial charge >= 0.3 is 18.3 Å². The van der Waals surface area contributed by atoms with E-state index in [1.807, 2.05) is 4.72 Å². The quantitative estimate of drug-likeness (QED) is 0.292. The zero-order valence-corrected chi connectivity index (χ0v) is 21.3. The van der Waals surface area contributed by atoms with Crippen molar-refractivity contribution in [3.63, 3.8) is 0 Å². The zero-order valence-electron chi connectivity index (χ0n) is 20.5. The van der Waals surface area contributed by atoms with Crippen molar-refractivity contribution in [1.29, 1.82) is 0 Å². The van der Waals surface area contributed by atoms with Crippen LogP contribution in [0.3, 0.4) is 0 Å². The summed E-state index contributed by atoms with van der Waals surface area (Å²) in [5, 5.41) is 8.20. The summed E-state index contributed by atoms with van der Waals surface area (Å²) in [5.74, 6) is -3.00. The first-order chi connectivity index (χ1) is 18.5. The number of carboxylic acid groups (broad SMARTS) is 1. The molecule has 40 heavy (non-hydrogen) atoms. The molecule has 0 unspecified atom stereocenters. The van der Waals surface area contributed by atoms with Gasteiger partial charge in [-0.1, -0.05) is 12.1 Å². The summed E-state index contributed by atoms with van der Waals surface area (Å²) in [7, 11) is -4.65. The molecule has 3 rings (SSSR count). The smallest absolute Gasteiger partial charge is 0.418 e. The van der Waals surface area contributed by atoms with Crippen molar-refractivity contribution >= 4 is 27.6 Å². The molecule has 2 heterocycles. The van der Waals surface area contributed by atoms with Crippen molar-refractivity contribution in [3.05, 3.63) is 65.5 Å². The second kappa shape index (κ2) is 11.7. The molecular weight excluding hydrogens is 573 g/mol. The first-order valence-electron chi connectivity index (χ1n) is 11.3. The fourth-order valence-electron chi connectivity index (χ4n) is 3.55. The van der Waals surface area contributed by atoms with E-state index in [0.29, 0.717) is 6.07 Å². The van der Waals surface area contributed by atoms with Crippen LogP contribution in [0.5, 0.6) is 0 Å². The Morgan fingerprint density at radius 1 is 1.00 bits per heavy atom. The summed E-state index contributed by atoms with van der Waals surface area (Å²) in [6.07, 6.45) is -11.4. The molecule has 0 aliphatic heterocycles. The first-order valence-corrected chi connectivity index (χ1v) is 12.8. The van der Waals surface area contributed by atoms with Crippen LogP contribution in [0.2, 0.25) is 0 Å². The van der Waals surface area contributed by atoms with Gasteiger partial charge in [-0.25, -0.2) is 14.4 Å². The van der Waals surface area contributed by atoms with E-state index in [4.69, 9.17) is 5.11 Å². The number of rotatable bonds is 10. The number of aliphatic carboxylic acids is 1. The number of sulfonamides is 1. The van der Waals surface area contributed by atoms with Gasteiger partial charge in [0.15, 0.2) is 5.03 Å². The van der Waals surface area contributed by atoms with Crippen LogP contribution in [-0.2, 0) is 21.0 Å². The van der Waals surface area contributed by atoms with Crippen molar-refractivity contribution in [2.24, 2.45) is 0 Å². The van der Waals surface area contributed by atoms with E-state index in [0.717, 1.165) is 35.2 Å². The van der Waals surface area contributed by atoms with E-state index in [2.05, 4.69) is 9.97 Å². The Morgan fingerprint density at radius 2 is 1.70 bits per heavy atom. The molecule has 0 aliphatic rings. The fraction of sp³-hybridized carbons (Fsp3) is 0.292. The molecule has 0 saturated heterocycles. The minimum absolute atomic E-state index is 0.229. The van der Waals surface area contributed by atoms with E-state index in [1.54, 1.807) is 0 Å². The van der Waals surface area contributed by atoms with Gasteiger partial charge in [-0.3, -0.25) is 9.52 Å². The predicted molar refractivity (Wildman–Crippen MR) is 130 cm³/mol. The minimum atomic E-state index is -4.91. The van der Waals surface area contributed by atoms with E-state index in [1.165, 1.54) is 19.1 Å². The van der Waals surface area contributed by atoms with E-state index < -0.39 is 82.2 Å². The Kier molecular flexibility index (Phi) is 8.91. The largest absolute Gasteiger partial charge is 0.481 e. The number of aryl methyl sites for hydroxylation is 1. The number of carbonyl (C=O) groups is 1. The van der Waals surface area contributed by atoms with Gasteiger partial charge in [-0.05, 0) is 48.9 Å². The average Bonchev–Trinajstić information content (AvgIpc) is 2.84. The SMILES string of the molecule is Cc1ccc(F)cc1-c1nc(NS(=O)(=O)c2cccc(N(CCC(=O)O)CCC(F)(F)F)n2)ccc1C(F)(F)F. The van der Waals surface area contributed by atoms with Crippen LogP contribution < -0.4 is 9.62 Å². The van der Waals surface area contributed by atoms with Gasteiger partial charge in [-0.15, -0.1) is 0 Å². The summed E-state index contributed by atoms with van der Waals surface area (Å²) in [6.45, 7) is 0.293. The van der Waals surface area contributed by atoms with Gasteiger partial charge in [0.1, 0.15) is 17.5 Å². The monoisotopic (exact) mass is 594 g/mol. The minimum Gasteiger partial charge on any atom is -0.481 e. The maximum Gasteiger partial charge on any atom is 0.418 e. The molecular formula is C24H21F7N4O4S. The molecule has 3 aromatic rings. The highest BCUT2D eigenvalue weighted by atomic mass is 32.2. The molecule has 0 atom stereocenters. The standard InChI is InChI=1S/C24H21F7N4O4S/c1-14-5-6-15(25)13-16(14)22-17(24(29,30)31)7-8-18(32-22)34-40(38,39)20-4-2-3-19(33-20)35(11-9-21(36)37)12-10-23(26,27)28/h2-8,13H,9-12H2,1H3,(H,32,34)(H,36,37). The Hall–Kier alpha value is -3.95. The number of nitrogens with one attached hydrogen (secondary N) is 1.